The van der Waals surface area contributed by atoms with Crippen LogP contribution in [0.5, 0.6) is 11.5 Å². The molecule has 0 heterocycles. The second-order valence-corrected chi connectivity index (χ2v) is 5.97. The molecule has 0 spiro atoms. The molecule has 144 valence electrons. The predicted molar refractivity (Wildman–Crippen MR) is 104 cm³/mol. The first kappa shape index (κ1) is 20.3. The quantitative estimate of drug-likeness (QED) is 0.712. The van der Waals surface area contributed by atoms with Gasteiger partial charge in [0.2, 0.25) is 5.91 Å². The monoisotopic (exact) mass is 370 g/mol. The summed E-state index contributed by atoms with van der Waals surface area (Å²) in [6.07, 6.45) is 0. The van der Waals surface area contributed by atoms with Crippen LogP contribution in [0.25, 0.3) is 0 Å². The van der Waals surface area contributed by atoms with Gasteiger partial charge < -0.3 is 20.1 Å². The molecule has 2 amide bonds. The van der Waals surface area contributed by atoms with Gasteiger partial charge in [-0.25, -0.2) is 0 Å². The van der Waals surface area contributed by atoms with E-state index in [1.54, 1.807) is 18.2 Å². The zero-order valence-corrected chi connectivity index (χ0v) is 16.0. The van der Waals surface area contributed by atoms with Crippen molar-refractivity contribution in [1.82, 2.24) is 10.6 Å². The number of ether oxygens (including phenoxy) is 2. The van der Waals surface area contributed by atoms with Gasteiger partial charge in [-0.05, 0) is 44.5 Å². The number of carbonyl (C=O) groups excluding carboxylic acids is 2. The summed E-state index contributed by atoms with van der Waals surface area (Å²) in [5.74, 6) is 0.506. The molecule has 0 saturated carbocycles. The summed E-state index contributed by atoms with van der Waals surface area (Å²) >= 11 is 0. The molecule has 2 aromatic rings. The van der Waals surface area contributed by atoms with E-state index in [-0.39, 0.29) is 18.4 Å². The number of nitrogens with one attached hydrogen (secondary N) is 2. The van der Waals surface area contributed by atoms with Crippen LogP contribution in [0.3, 0.4) is 0 Å². The standard InChI is InChI=1S/C21H26N2O4/c1-4-26-18-11-10-17(12-19(18)27-5-2)21(25)23-14-20(24)22-13-16-8-6-15(3)7-9-16/h6-12H,4-5,13-14H2,1-3H3,(H,22,24)(H,23,25). The van der Waals surface area contributed by atoms with E-state index in [1.807, 2.05) is 45.0 Å². The zero-order valence-electron chi connectivity index (χ0n) is 16.0. The molecule has 0 aromatic heterocycles. The molecule has 0 aliphatic heterocycles. The van der Waals surface area contributed by atoms with Gasteiger partial charge in [-0.2, -0.15) is 0 Å². The smallest absolute Gasteiger partial charge is 0.251 e. The van der Waals surface area contributed by atoms with Crippen LogP contribution in [0.1, 0.15) is 35.3 Å². The fourth-order valence-corrected chi connectivity index (χ4v) is 2.42. The van der Waals surface area contributed by atoms with E-state index >= 15 is 0 Å². The number of hydrogen-bond donors (Lipinski definition) is 2. The highest BCUT2D eigenvalue weighted by molar-refractivity contribution is 5.97. The number of rotatable bonds is 9. The Morgan fingerprint density at radius 1 is 0.889 bits per heavy atom. The van der Waals surface area contributed by atoms with E-state index in [1.165, 1.54) is 5.56 Å². The maximum absolute atomic E-state index is 12.3. The number of aryl methyl sites for hydroxylation is 1. The predicted octanol–water partition coefficient (Wildman–Crippen LogP) is 2.84. The van der Waals surface area contributed by atoms with Gasteiger partial charge in [-0.15, -0.1) is 0 Å². The highest BCUT2D eigenvalue weighted by atomic mass is 16.5. The minimum Gasteiger partial charge on any atom is -0.490 e. The van der Waals surface area contributed by atoms with Gasteiger partial charge >= 0.3 is 0 Å². The number of amides is 2. The molecule has 0 fully saturated rings. The van der Waals surface area contributed by atoms with Gasteiger partial charge in [0, 0.05) is 12.1 Å². The molecule has 0 atom stereocenters. The van der Waals surface area contributed by atoms with E-state index in [0.29, 0.717) is 36.8 Å². The van der Waals surface area contributed by atoms with Crippen molar-refractivity contribution >= 4 is 11.8 Å². The van der Waals surface area contributed by atoms with E-state index in [0.717, 1.165) is 5.56 Å². The Balaban J connectivity index is 1.87. The van der Waals surface area contributed by atoms with Crippen LogP contribution in [0, 0.1) is 6.92 Å². The highest BCUT2D eigenvalue weighted by Crippen LogP contribution is 2.28. The summed E-state index contributed by atoms with van der Waals surface area (Å²) in [7, 11) is 0. The first-order chi connectivity index (χ1) is 13.0. The van der Waals surface area contributed by atoms with Gasteiger partial charge in [0.05, 0.1) is 19.8 Å². The molecule has 2 rings (SSSR count). The Hall–Kier alpha value is -3.02. The van der Waals surface area contributed by atoms with Crippen molar-refractivity contribution in [3.63, 3.8) is 0 Å². The molecule has 6 nitrogen and oxygen atoms in total. The van der Waals surface area contributed by atoms with Gasteiger partial charge in [0.15, 0.2) is 11.5 Å². The van der Waals surface area contributed by atoms with Gasteiger partial charge in [-0.3, -0.25) is 9.59 Å². The fourth-order valence-electron chi connectivity index (χ4n) is 2.42. The van der Waals surface area contributed by atoms with Crippen LogP contribution in [-0.2, 0) is 11.3 Å². The van der Waals surface area contributed by atoms with Gasteiger partial charge in [0.25, 0.3) is 5.91 Å². The van der Waals surface area contributed by atoms with Crippen LogP contribution in [0.15, 0.2) is 42.5 Å². The molecule has 0 saturated heterocycles. The van der Waals surface area contributed by atoms with Crippen LogP contribution in [0.4, 0.5) is 0 Å². The SMILES string of the molecule is CCOc1ccc(C(=O)NCC(=O)NCc2ccc(C)cc2)cc1OCC. The zero-order chi connectivity index (χ0) is 19.6. The van der Waals surface area contributed by atoms with Crippen molar-refractivity contribution < 1.29 is 19.1 Å². The van der Waals surface area contributed by atoms with E-state index in [4.69, 9.17) is 9.47 Å². The van der Waals surface area contributed by atoms with Crippen LogP contribution in [-0.4, -0.2) is 31.6 Å². The van der Waals surface area contributed by atoms with Crippen LogP contribution in [0.2, 0.25) is 0 Å². The average Bonchev–Trinajstić information content (AvgIpc) is 2.67. The summed E-state index contributed by atoms with van der Waals surface area (Å²) < 4.78 is 11.0. The molecular weight excluding hydrogens is 344 g/mol. The first-order valence-corrected chi connectivity index (χ1v) is 9.03. The number of hydrogen-bond acceptors (Lipinski definition) is 4. The fraction of sp³-hybridized carbons (Fsp3) is 0.333. The second-order valence-electron chi connectivity index (χ2n) is 5.97. The molecule has 0 unspecified atom stereocenters. The maximum Gasteiger partial charge on any atom is 0.251 e. The molecule has 0 aliphatic carbocycles. The minimum atomic E-state index is -0.343. The number of carbonyl (C=O) groups is 2. The summed E-state index contributed by atoms with van der Waals surface area (Å²) in [6.45, 7) is 7.05. The molecule has 2 aromatic carbocycles. The van der Waals surface area contributed by atoms with Gasteiger partial charge in [-0.1, -0.05) is 29.8 Å². The Bertz CT molecular complexity index is 772. The van der Waals surface area contributed by atoms with Crippen molar-refractivity contribution in [2.24, 2.45) is 0 Å². The third-order valence-electron chi connectivity index (χ3n) is 3.83. The normalized spacial score (nSPS) is 10.2. The molecule has 27 heavy (non-hydrogen) atoms. The second kappa shape index (κ2) is 10.2. The molecule has 0 bridgehead atoms. The summed E-state index contributed by atoms with van der Waals surface area (Å²) in [5.41, 5.74) is 2.58. The van der Waals surface area contributed by atoms with Crippen molar-refractivity contribution in [3.05, 3.63) is 59.2 Å². The van der Waals surface area contributed by atoms with Crippen LogP contribution < -0.4 is 20.1 Å². The lowest BCUT2D eigenvalue weighted by atomic mass is 10.1. The van der Waals surface area contributed by atoms with Crippen molar-refractivity contribution in [2.75, 3.05) is 19.8 Å². The molecule has 0 aliphatic rings. The molecular formula is C21H26N2O4. The third-order valence-corrected chi connectivity index (χ3v) is 3.83. The van der Waals surface area contributed by atoms with Crippen molar-refractivity contribution in [3.8, 4) is 11.5 Å². The lowest BCUT2D eigenvalue weighted by Gasteiger charge is -2.12. The van der Waals surface area contributed by atoms with Gasteiger partial charge in [0.1, 0.15) is 0 Å². The number of benzene rings is 2. The van der Waals surface area contributed by atoms with Crippen LogP contribution >= 0.6 is 0 Å². The first-order valence-electron chi connectivity index (χ1n) is 9.03. The maximum atomic E-state index is 12.3. The summed E-state index contributed by atoms with van der Waals surface area (Å²) in [4.78, 5) is 24.3. The molecule has 0 radical (unpaired) electrons. The lowest BCUT2D eigenvalue weighted by molar-refractivity contribution is -0.120. The summed E-state index contributed by atoms with van der Waals surface area (Å²) in [5, 5.41) is 5.40. The molecule has 2 N–H and O–H groups in total. The van der Waals surface area contributed by atoms with E-state index in [2.05, 4.69) is 10.6 Å². The Kier molecular flexibility index (Phi) is 7.67. The molecule has 6 heteroatoms. The van der Waals surface area contributed by atoms with E-state index < -0.39 is 0 Å². The van der Waals surface area contributed by atoms with E-state index in [9.17, 15) is 9.59 Å². The lowest BCUT2D eigenvalue weighted by Crippen LogP contribution is -2.36. The largest absolute Gasteiger partial charge is 0.490 e. The Morgan fingerprint density at radius 3 is 2.22 bits per heavy atom. The minimum absolute atomic E-state index is 0.0954. The topological polar surface area (TPSA) is 76.7 Å². The third kappa shape index (κ3) is 6.33. The Labute approximate surface area is 159 Å². The average molecular weight is 370 g/mol. The van der Waals surface area contributed by atoms with Crippen molar-refractivity contribution in [2.45, 2.75) is 27.3 Å². The highest BCUT2D eigenvalue weighted by Gasteiger charge is 2.12. The van der Waals surface area contributed by atoms with Crippen molar-refractivity contribution in [1.29, 1.82) is 0 Å². The Morgan fingerprint density at radius 2 is 1.56 bits per heavy atom. The summed E-state index contributed by atoms with van der Waals surface area (Å²) in [6, 6.07) is 12.9.